The number of carbonyl (C=O) groups excluding carboxylic acids is 2. The topological polar surface area (TPSA) is 133 Å². The molecule has 172 valence electrons. The number of anilines is 2. The molecule has 0 unspecified atom stereocenters. The van der Waals surface area contributed by atoms with Gasteiger partial charge in [0.25, 0.3) is 10.0 Å². The highest BCUT2D eigenvalue weighted by Gasteiger charge is 2.28. The van der Waals surface area contributed by atoms with Gasteiger partial charge in [-0.25, -0.2) is 30.7 Å². The lowest BCUT2D eigenvalue weighted by Crippen LogP contribution is -2.35. The number of urea groups is 1. The van der Waals surface area contributed by atoms with Crippen molar-refractivity contribution in [2.75, 3.05) is 30.9 Å². The van der Waals surface area contributed by atoms with Crippen LogP contribution < -0.4 is 14.9 Å². The van der Waals surface area contributed by atoms with Gasteiger partial charge in [0.05, 0.1) is 21.3 Å². The lowest BCUT2D eigenvalue weighted by molar-refractivity contribution is -0.117. The molecule has 2 aromatic carbocycles. The van der Waals surface area contributed by atoms with Crippen LogP contribution in [0.4, 0.5) is 16.2 Å². The lowest BCUT2D eigenvalue weighted by Gasteiger charge is -2.22. The van der Waals surface area contributed by atoms with Crippen LogP contribution in [0.2, 0.25) is 5.02 Å². The summed E-state index contributed by atoms with van der Waals surface area (Å²) in [7, 11) is -5.46. The van der Waals surface area contributed by atoms with Crippen LogP contribution in [-0.4, -0.2) is 53.7 Å². The van der Waals surface area contributed by atoms with E-state index in [1.807, 2.05) is 4.72 Å². The van der Waals surface area contributed by atoms with Crippen molar-refractivity contribution >= 4 is 55.0 Å². The lowest BCUT2D eigenvalue weighted by atomic mass is 10.2. The van der Waals surface area contributed by atoms with Gasteiger partial charge in [0.1, 0.15) is 4.90 Å². The minimum absolute atomic E-state index is 0.0324. The van der Waals surface area contributed by atoms with Crippen LogP contribution in [0.5, 0.6) is 0 Å². The summed E-state index contributed by atoms with van der Waals surface area (Å²) in [4.78, 5) is 25.7. The average Bonchev–Trinajstić information content (AvgIpc) is 3.13. The van der Waals surface area contributed by atoms with E-state index in [0.717, 1.165) is 4.31 Å². The summed E-state index contributed by atoms with van der Waals surface area (Å²) in [6.07, 6.45) is 0.910. The number of amides is 3. The molecule has 1 heterocycles. The number of rotatable bonds is 6. The Morgan fingerprint density at radius 3 is 2.38 bits per heavy atom. The SMILES string of the molecule is CN(C)S(=O)(=O)c1ccc(N2CCCC2=O)c(NC(=O)NS(=O)(=O)c2ccccc2Cl)c1. The number of nitrogens with zero attached hydrogens (tertiary/aromatic N) is 2. The van der Waals surface area contributed by atoms with Crippen LogP contribution in [-0.2, 0) is 24.8 Å². The quantitative estimate of drug-likeness (QED) is 0.624. The van der Waals surface area contributed by atoms with Crippen molar-refractivity contribution in [1.29, 1.82) is 0 Å². The normalized spacial score (nSPS) is 14.6. The molecule has 3 rings (SSSR count). The van der Waals surface area contributed by atoms with Gasteiger partial charge in [-0.3, -0.25) is 4.79 Å². The van der Waals surface area contributed by atoms with Crippen molar-refractivity contribution in [2.45, 2.75) is 22.6 Å². The first-order chi connectivity index (χ1) is 14.9. The third-order valence-corrected chi connectivity index (χ3v) is 8.35. The Kier molecular flexibility index (Phi) is 6.79. The molecule has 10 nitrogen and oxygen atoms in total. The second-order valence-electron chi connectivity index (χ2n) is 7.11. The highest BCUT2D eigenvalue weighted by atomic mass is 35.5. The van der Waals surface area contributed by atoms with Crippen LogP contribution in [0.15, 0.2) is 52.3 Å². The van der Waals surface area contributed by atoms with Gasteiger partial charge in [0.15, 0.2) is 0 Å². The number of hydrogen-bond acceptors (Lipinski definition) is 6. The van der Waals surface area contributed by atoms with E-state index in [2.05, 4.69) is 5.32 Å². The average molecular weight is 501 g/mol. The molecule has 2 N–H and O–H groups in total. The van der Waals surface area contributed by atoms with Crippen molar-refractivity contribution < 1.29 is 26.4 Å². The Morgan fingerprint density at radius 1 is 1.09 bits per heavy atom. The van der Waals surface area contributed by atoms with Gasteiger partial charge in [-0.2, -0.15) is 0 Å². The Balaban J connectivity index is 1.96. The van der Waals surface area contributed by atoms with E-state index in [0.29, 0.717) is 19.4 Å². The predicted molar refractivity (Wildman–Crippen MR) is 120 cm³/mol. The van der Waals surface area contributed by atoms with Crippen molar-refractivity contribution in [3.63, 3.8) is 0 Å². The van der Waals surface area contributed by atoms with Crippen molar-refractivity contribution in [1.82, 2.24) is 9.03 Å². The first kappa shape index (κ1) is 24.0. The molecule has 13 heteroatoms. The van der Waals surface area contributed by atoms with E-state index in [4.69, 9.17) is 11.6 Å². The second-order valence-corrected chi connectivity index (χ2v) is 11.3. The molecular weight excluding hydrogens is 480 g/mol. The Hall–Kier alpha value is -2.67. The van der Waals surface area contributed by atoms with Gasteiger partial charge in [-0.15, -0.1) is 0 Å². The highest BCUT2D eigenvalue weighted by molar-refractivity contribution is 7.90. The summed E-state index contributed by atoms with van der Waals surface area (Å²) >= 11 is 5.91. The maximum absolute atomic E-state index is 12.5. The molecule has 0 aliphatic carbocycles. The number of halogens is 1. The van der Waals surface area contributed by atoms with E-state index >= 15 is 0 Å². The van der Waals surface area contributed by atoms with Crippen LogP contribution in [0.1, 0.15) is 12.8 Å². The number of carbonyl (C=O) groups is 2. The summed E-state index contributed by atoms with van der Waals surface area (Å²) in [5, 5.41) is 2.28. The molecule has 32 heavy (non-hydrogen) atoms. The Bertz CT molecular complexity index is 1280. The minimum Gasteiger partial charge on any atom is -0.310 e. The van der Waals surface area contributed by atoms with Crippen LogP contribution >= 0.6 is 11.6 Å². The minimum atomic E-state index is -4.31. The van der Waals surface area contributed by atoms with E-state index in [-0.39, 0.29) is 32.1 Å². The molecule has 0 spiro atoms. The summed E-state index contributed by atoms with van der Waals surface area (Å²) < 4.78 is 53.0. The molecular formula is C19H21ClN4O6S2. The zero-order chi connectivity index (χ0) is 23.7. The summed E-state index contributed by atoms with van der Waals surface area (Å²) in [6, 6.07) is 8.34. The fourth-order valence-electron chi connectivity index (χ4n) is 3.11. The van der Waals surface area contributed by atoms with Crippen LogP contribution in [0, 0.1) is 0 Å². The molecule has 0 saturated carbocycles. The van der Waals surface area contributed by atoms with Gasteiger partial charge >= 0.3 is 6.03 Å². The molecule has 0 atom stereocenters. The first-order valence-corrected chi connectivity index (χ1v) is 12.7. The van der Waals surface area contributed by atoms with Gasteiger partial charge in [-0.1, -0.05) is 23.7 Å². The molecule has 1 aliphatic rings. The third-order valence-electron chi connectivity index (χ3n) is 4.71. The summed E-state index contributed by atoms with van der Waals surface area (Å²) in [6.45, 7) is 0.382. The van der Waals surface area contributed by atoms with E-state index in [9.17, 15) is 26.4 Å². The van der Waals surface area contributed by atoms with Gasteiger partial charge < -0.3 is 10.2 Å². The maximum atomic E-state index is 12.5. The molecule has 2 aromatic rings. The maximum Gasteiger partial charge on any atom is 0.333 e. The zero-order valence-corrected chi connectivity index (χ0v) is 19.6. The number of benzene rings is 2. The van der Waals surface area contributed by atoms with Crippen molar-refractivity contribution in [3.05, 3.63) is 47.5 Å². The number of sulfonamides is 2. The molecule has 0 aromatic heterocycles. The van der Waals surface area contributed by atoms with E-state index < -0.39 is 26.1 Å². The monoisotopic (exact) mass is 500 g/mol. The van der Waals surface area contributed by atoms with Gasteiger partial charge in [0, 0.05) is 27.1 Å². The molecule has 3 amide bonds. The zero-order valence-electron chi connectivity index (χ0n) is 17.2. The Morgan fingerprint density at radius 2 is 1.78 bits per heavy atom. The molecule has 1 saturated heterocycles. The molecule has 0 bridgehead atoms. The summed E-state index contributed by atoms with van der Waals surface area (Å²) in [5.41, 5.74) is 0.227. The fraction of sp³-hybridized carbons (Fsp3) is 0.263. The largest absolute Gasteiger partial charge is 0.333 e. The smallest absolute Gasteiger partial charge is 0.310 e. The first-order valence-electron chi connectivity index (χ1n) is 9.39. The standard InChI is InChI=1S/C19H21ClN4O6S2/c1-23(2)32(29,30)13-9-10-16(24-11-5-8-18(24)25)15(12-13)21-19(26)22-31(27,28)17-7-4-3-6-14(17)20/h3-4,6-7,9-10,12H,5,8,11H2,1-2H3,(H2,21,22,26). The fourth-order valence-corrected chi connectivity index (χ4v) is 5.47. The highest BCUT2D eigenvalue weighted by Crippen LogP contribution is 2.32. The molecule has 1 aliphatic heterocycles. The number of nitrogens with one attached hydrogen (secondary N) is 2. The van der Waals surface area contributed by atoms with Gasteiger partial charge in [0.2, 0.25) is 15.9 Å². The predicted octanol–water partition coefficient (Wildman–Crippen LogP) is 2.23. The number of hydrogen-bond donors (Lipinski definition) is 2. The summed E-state index contributed by atoms with van der Waals surface area (Å²) in [5.74, 6) is -0.194. The van der Waals surface area contributed by atoms with Crippen molar-refractivity contribution in [3.8, 4) is 0 Å². The third kappa shape index (κ3) is 4.88. The Labute approximate surface area is 191 Å². The van der Waals surface area contributed by atoms with Crippen LogP contribution in [0.25, 0.3) is 0 Å². The van der Waals surface area contributed by atoms with Gasteiger partial charge in [-0.05, 0) is 36.8 Å². The second kappa shape index (κ2) is 9.06. The van der Waals surface area contributed by atoms with E-state index in [1.54, 1.807) is 0 Å². The molecule has 1 fully saturated rings. The van der Waals surface area contributed by atoms with Crippen LogP contribution in [0.3, 0.4) is 0 Å². The molecule has 0 radical (unpaired) electrons. The van der Waals surface area contributed by atoms with Crippen molar-refractivity contribution in [2.24, 2.45) is 0 Å². The van der Waals surface area contributed by atoms with E-state index in [1.165, 1.54) is 61.5 Å².